The molecule has 2 aromatic rings. The quantitative estimate of drug-likeness (QED) is 0.742. The second kappa shape index (κ2) is 5.59. The van der Waals surface area contributed by atoms with Crippen molar-refractivity contribution >= 4 is 17.1 Å². The first-order valence-electron chi connectivity index (χ1n) is 5.92. The van der Waals surface area contributed by atoms with Crippen molar-refractivity contribution in [3.8, 4) is 0 Å². The van der Waals surface area contributed by atoms with Crippen molar-refractivity contribution < 1.29 is 4.74 Å². The molecule has 0 aliphatic rings. The van der Waals surface area contributed by atoms with Gasteiger partial charge in [-0.05, 0) is 31.5 Å². The van der Waals surface area contributed by atoms with Gasteiger partial charge in [-0.2, -0.15) is 0 Å². The number of fused-ring (bicyclic) bond motifs is 1. The molecule has 1 heterocycles. The maximum atomic E-state index is 5.25. The van der Waals surface area contributed by atoms with Crippen LogP contribution in [0, 0.1) is 0 Å². The largest absolute Gasteiger partial charge is 0.378 e. The zero-order valence-corrected chi connectivity index (χ0v) is 10.3. The Hall–Kier alpha value is -1.68. The molecular formula is C13H17N3O. The normalized spacial score (nSPS) is 11.6. The van der Waals surface area contributed by atoms with Crippen LogP contribution in [0.15, 0.2) is 24.3 Å². The number of hydrogen-bond acceptors (Lipinski definition) is 3. The first kappa shape index (κ1) is 11.8. The Morgan fingerprint density at radius 3 is 3.00 bits per heavy atom. The van der Waals surface area contributed by atoms with Crippen LogP contribution in [-0.4, -0.2) is 28.2 Å². The van der Waals surface area contributed by atoms with Gasteiger partial charge in [-0.3, -0.25) is 0 Å². The Bertz CT molecular complexity index is 516. The number of nitrogens with zero attached hydrogens (tertiary/aromatic N) is 3. The van der Waals surface area contributed by atoms with E-state index in [2.05, 4.69) is 29.4 Å². The van der Waals surface area contributed by atoms with Crippen LogP contribution in [0.1, 0.15) is 19.4 Å². The molecule has 0 spiro atoms. The van der Waals surface area contributed by atoms with Crippen LogP contribution in [0.5, 0.6) is 0 Å². The van der Waals surface area contributed by atoms with Crippen LogP contribution in [0.25, 0.3) is 17.1 Å². The van der Waals surface area contributed by atoms with Gasteiger partial charge < -0.3 is 4.74 Å². The molecule has 0 aliphatic carbocycles. The first-order valence-corrected chi connectivity index (χ1v) is 5.92. The van der Waals surface area contributed by atoms with E-state index >= 15 is 0 Å². The highest BCUT2D eigenvalue weighted by Gasteiger charge is 2.02. The molecule has 4 heteroatoms. The Labute approximate surface area is 101 Å². The van der Waals surface area contributed by atoms with Crippen molar-refractivity contribution in [2.24, 2.45) is 0 Å². The van der Waals surface area contributed by atoms with Crippen molar-refractivity contribution in [1.82, 2.24) is 15.0 Å². The Kier molecular flexibility index (Phi) is 3.88. The highest BCUT2D eigenvalue weighted by molar-refractivity contribution is 5.77. The molecule has 0 aliphatic heterocycles. The lowest BCUT2D eigenvalue weighted by molar-refractivity contribution is 0.178. The molecule has 4 nitrogen and oxygen atoms in total. The van der Waals surface area contributed by atoms with Gasteiger partial charge in [0.1, 0.15) is 5.52 Å². The molecule has 0 N–H and O–H groups in total. The van der Waals surface area contributed by atoms with E-state index in [0.717, 1.165) is 29.7 Å². The smallest absolute Gasteiger partial charge is 0.113 e. The average Bonchev–Trinajstić information content (AvgIpc) is 2.77. The highest BCUT2D eigenvalue weighted by Crippen LogP contribution is 2.14. The predicted molar refractivity (Wildman–Crippen MR) is 68.7 cm³/mol. The number of aryl methyl sites for hydroxylation is 1. The minimum atomic E-state index is 0.649. The van der Waals surface area contributed by atoms with Crippen molar-refractivity contribution in [3.05, 3.63) is 29.8 Å². The van der Waals surface area contributed by atoms with Crippen LogP contribution < -0.4 is 0 Å². The minimum Gasteiger partial charge on any atom is -0.378 e. The fourth-order valence-electron chi connectivity index (χ4n) is 1.70. The van der Waals surface area contributed by atoms with Crippen molar-refractivity contribution in [1.29, 1.82) is 0 Å². The molecule has 0 radical (unpaired) electrons. The number of ether oxygens (including phenoxy) is 1. The van der Waals surface area contributed by atoms with Crippen LogP contribution in [0.2, 0.25) is 0 Å². The summed E-state index contributed by atoms with van der Waals surface area (Å²) in [5, 5.41) is 8.22. The predicted octanol–water partition coefficient (Wildman–Crippen LogP) is 2.50. The van der Waals surface area contributed by atoms with Gasteiger partial charge in [0.2, 0.25) is 0 Å². The molecule has 2 rings (SSSR count). The Morgan fingerprint density at radius 1 is 1.35 bits per heavy atom. The Balaban J connectivity index is 2.17. The summed E-state index contributed by atoms with van der Waals surface area (Å²) in [7, 11) is 0. The summed E-state index contributed by atoms with van der Waals surface area (Å²) in [6.07, 6.45) is 4.05. The third kappa shape index (κ3) is 2.71. The van der Waals surface area contributed by atoms with Crippen molar-refractivity contribution in [3.63, 3.8) is 0 Å². The topological polar surface area (TPSA) is 39.9 Å². The second-order valence-electron chi connectivity index (χ2n) is 3.72. The standard InChI is InChI=1S/C13H17N3O/c1-3-16-13-8-7-11(6-5-9-17-4-2)10-12(13)14-15-16/h5-8,10H,3-4,9H2,1-2H3. The molecular weight excluding hydrogens is 214 g/mol. The van der Waals surface area contributed by atoms with Gasteiger partial charge in [0.05, 0.1) is 12.1 Å². The number of rotatable bonds is 5. The lowest BCUT2D eigenvalue weighted by Crippen LogP contribution is -1.95. The SMILES string of the molecule is CCOCC=Cc1ccc2c(c1)nnn2CC. The summed E-state index contributed by atoms with van der Waals surface area (Å²) in [4.78, 5) is 0. The molecule has 17 heavy (non-hydrogen) atoms. The third-order valence-corrected chi connectivity index (χ3v) is 2.57. The van der Waals surface area contributed by atoms with Gasteiger partial charge in [0.15, 0.2) is 0 Å². The second-order valence-corrected chi connectivity index (χ2v) is 3.72. The highest BCUT2D eigenvalue weighted by atomic mass is 16.5. The van der Waals surface area contributed by atoms with E-state index in [1.807, 2.05) is 29.8 Å². The number of aromatic nitrogens is 3. The average molecular weight is 231 g/mol. The molecule has 0 unspecified atom stereocenters. The van der Waals surface area contributed by atoms with E-state index in [0.29, 0.717) is 6.61 Å². The summed E-state index contributed by atoms with van der Waals surface area (Å²) in [6.45, 7) is 6.29. The summed E-state index contributed by atoms with van der Waals surface area (Å²) >= 11 is 0. The van der Waals surface area contributed by atoms with Crippen LogP contribution in [0.4, 0.5) is 0 Å². The third-order valence-electron chi connectivity index (χ3n) is 2.57. The molecule has 0 bridgehead atoms. The molecule has 1 aromatic carbocycles. The molecule has 0 atom stereocenters. The lowest BCUT2D eigenvalue weighted by Gasteiger charge is -1.97. The van der Waals surface area contributed by atoms with E-state index in [1.165, 1.54) is 0 Å². The monoisotopic (exact) mass is 231 g/mol. The summed E-state index contributed by atoms with van der Waals surface area (Å²) in [5.41, 5.74) is 3.14. The molecule has 0 saturated heterocycles. The van der Waals surface area contributed by atoms with Crippen LogP contribution >= 0.6 is 0 Å². The van der Waals surface area contributed by atoms with Crippen molar-refractivity contribution in [2.45, 2.75) is 20.4 Å². The van der Waals surface area contributed by atoms with Crippen LogP contribution in [-0.2, 0) is 11.3 Å². The summed E-state index contributed by atoms with van der Waals surface area (Å²) in [6, 6.07) is 6.16. The van der Waals surface area contributed by atoms with Gasteiger partial charge in [0.25, 0.3) is 0 Å². The van der Waals surface area contributed by atoms with E-state index in [4.69, 9.17) is 4.74 Å². The minimum absolute atomic E-state index is 0.649. The summed E-state index contributed by atoms with van der Waals surface area (Å²) in [5.74, 6) is 0. The number of benzene rings is 1. The lowest BCUT2D eigenvalue weighted by atomic mass is 10.2. The fraction of sp³-hybridized carbons (Fsp3) is 0.385. The number of hydrogen-bond donors (Lipinski definition) is 0. The molecule has 0 amide bonds. The van der Waals surface area contributed by atoms with E-state index in [1.54, 1.807) is 0 Å². The maximum absolute atomic E-state index is 5.25. The van der Waals surface area contributed by atoms with Gasteiger partial charge in [0, 0.05) is 13.2 Å². The van der Waals surface area contributed by atoms with E-state index in [-0.39, 0.29) is 0 Å². The summed E-state index contributed by atoms with van der Waals surface area (Å²) < 4.78 is 7.14. The van der Waals surface area contributed by atoms with Crippen molar-refractivity contribution in [2.75, 3.05) is 13.2 Å². The van der Waals surface area contributed by atoms with Gasteiger partial charge in [-0.1, -0.05) is 23.4 Å². The Morgan fingerprint density at radius 2 is 2.24 bits per heavy atom. The van der Waals surface area contributed by atoms with Gasteiger partial charge >= 0.3 is 0 Å². The van der Waals surface area contributed by atoms with Gasteiger partial charge in [-0.15, -0.1) is 5.10 Å². The van der Waals surface area contributed by atoms with E-state index in [9.17, 15) is 0 Å². The molecule has 1 aromatic heterocycles. The molecule has 0 saturated carbocycles. The first-order chi connectivity index (χ1) is 8.35. The maximum Gasteiger partial charge on any atom is 0.113 e. The van der Waals surface area contributed by atoms with Gasteiger partial charge in [-0.25, -0.2) is 4.68 Å². The molecule has 90 valence electrons. The zero-order chi connectivity index (χ0) is 12.1. The fourth-order valence-corrected chi connectivity index (χ4v) is 1.70. The van der Waals surface area contributed by atoms with Crippen LogP contribution in [0.3, 0.4) is 0 Å². The molecule has 0 fully saturated rings. The van der Waals surface area contributed by atoms with E-state index < -0.39 is 0 Å². The zero-order valence-electron chi connectivity index (χ0n) is 10.3.